The van der Waals surface area contributed by atoms with E-state index in [1.165, 1.54) is 4.31 Å². The number of hydrogen-bond donors (Lipinski definition) is 1. The van der Waals surface area contributed by atoms with Gasteiger partial charge in [-0.15, -0.1) is 0 Å². The van der Waals surface area contributed by atoms with Crippen LogP contribution in [0.25, 0.3) is 0 Å². The van der Waals surface area contributed by atoms with Gasteiger partial charge in [0.2, 0.25) is 11.8 Å². The van der Waals surface area contributed by atoms with E-state index in [0.29, 0.717) is 12.1 Å². The topological polar surface area (TPSA) is 86.8 Å². The summed E-state index contributed by atoms with van der Waals surface area (Å²) >= 11 is 0. The number of amides is 2. The summed E-state index contributed by atoms with van der Waals surface area (Å²) in [7, 11) is -4.15. The van der Waals surface area contributed by atoms with Crippen LogP contribution in [-0.2, 0) is 32.6 Å². The Morgan fingerprint density at radius 3 is 2.06 bits per heavy atom. The monoisotopic (exact) mass is 665 g/mol. The van der Waals surface area contributed by atoms with Gasteiger partial charge in [0.25, 0.3) is 10.0 Å². The highest BCUT2D eigenvalue weighted by Crippen LogP contribution is 2.28. The Labute approximate surface area is 286 Å². The Morgan fingerprint density at radius 2 is 1.44 bits per heavy atom. The van der Waals surface area contributed by atoms with E-state index < -0.39 is 28.5 Å². The van der Waals surface area contributed by atoms with Crippen molar-refractivity contribution in [2.24, 2.45) is 0 Å². The van der Waals surface area contributed by atoms with Gasteiger partial charge in [0, 0.05) is 19.0 Å². The molecule has 4 aromatic carbocycles. The number of hydrogen-bond acceptors (Lipinski definition) is 4. The molecule has 1 saturated carbocycles. The average Bonchev–Trinajstić information content (AvgIpc) is 3.59. The first-order valence-corrected chi connectivity index (χ1v) is 18.3. The Morgan fingerprint density at radius 1 is 0.792 bits per heavy atom. The van der Waals surface area contributed by atoms with E-state index in [-0.39, 0.29) is 29.3 Å². The number of sulfonamides is 1. The lowest BCUT2D eigenvalue weighted by atomic mass is 10.0. The number of carbonyl (C=O) groups is 2. The van der Waals surface area contributed by atoms with Crippen molar-refractivity contribution in [1.82, 2.24) is 10.2 Å². The highest BCUT2D eigenvalue weighted by atomic mass is 32.2. The van der Waals surface area contributed by atoms with Crippen LogP contribution >= 0.6 is 0 Å². The summed E-state index contributed by atoms with van der Waals surface area (Å²) in [6, 6.07) is 30.7. The highest BCUT2D eigenvalue weighted by molar-refractivity contribution is 7.92. The maximum absolute atomic E-state index is 14.7. The van der Waals surface area contributed by atoms with Gasteiger partial charge in [-0.25, -0.2) is 8.42 Å². The van der Waals surface area contributed by atoms with Crippen molar-refractivity contribution < 1.29 is 18.0 Å². The fraction of sp³-hybridized carbons (Fsp3) is 0.350. The summed E-state index contributed by atoms with van der Waals surface area (Å²) in [5, 5.41) is 3.23. The summed E-state index contributed by atoms with van der Waals surface area (Å²) in [6.07, 6.45) is 4.23. The fourth-order valence-electron chi connectivity index (χ4n) is 6.32. The molecule has 1 N–H and O–H groups in total. The van der Waals surface area contributed by atoms with Crippen molar-refractivity contribution in [3.05, 3.63) is 131 Å². The number of benzene rings is 4. The molecule has 1 aliphatic carbocycles. The van der Waals surface area contributed by atoms with Gasteiger partial charge < -0.3 is 10.2 Å². The first kappa shape index (κ1) is 34.9. The minimum Gasteiger partial charge on any atom is -0.352 e. The van der Waals surface area contributed by atoms with Gasteiger partial charge >= 0.3 is 0 Å². The Hall–Kier alpha value is -4.43. The number of nitrogens with one attached hydrogen (secondary N) is 1. The predicted octanol–water partition coefficient (Wildman–Crippen LogP) is 7.32. The molecule has 0 unspecified atom stereocenters. The number of nitrogens with zero attached hydrogens (tertiary/aromatic N) is 2. The molecular formula is C40H47N3O4S. The molecular weight excluding hydrogens is 619 g/mol. The second-order valence-electron chi connectivity index (χ2n) is 13.3. The van der Waals surface area contributed by atoms with E-state index >= 15 is 0 Å². The first-order valence-electron chi connectivity index (χ1n) is 16.9. The molecule has 0 aliphatic heterocycles. The molecule has 0 spiro atoms. The van der Waals surface area contributed by atoms with Crippen molar-refractivity contribution in [2.45, 2.75) is 89.2 Å². The zero-order valence-corrected chi connectivity index (χ0v) is 29.2. The number of rotatable bonds is 13. The van der Waals surface area contributed by atoms with Gasteiger partial charge in [-0.1, -0.05) is 117 Å². The molecule has 1 atom stereocenters. The predicted molar refractivity (Wildman–Crippen MR) is 192 cm³/mol. The van der Waals surface area contributed by atoms with E-state index in [0.717, 1.165) is 53.5 Å². The van der Waals surface area contributed by atoms with Crippen LogP contribution in [0.5, 0.6) is 0 Å². The Kier molecular flexibility index (Phi) is 11.4. The van der Waals surface area contributed by atoms with Crippen molar-refractivity contribution in [3.63, 3.8) is 0 Å². The van der Waals surface area contributed by atoms with Gasteiger partial charge in [-0.3, -0.25) is 13.9 Å². The van der Waals surface area contributed by atoms with E-state index in [9.17, 15) is 18.0 Å². The SMILES string of the molecule is Cc1ccc(S(=O)(=O)N(CC(=O)N(Cc2cccc(C)c2)[C@@H](Cc2ccccc2)C(=O)NC2CCCC2)c2ccc(C(C)C)cc2)cc1. The number of aryl methyl sites for hydroxylation is 2. The van der Waals surface area contributed by atoms with E-state index in [1.807, 2.05) is 80.6 Å². The third-order valence-electron chi connectivity index (χ3n) is 9.14. The molecule has 0 bridgehead atoms. The third kappa shape index (κ3) is 8.72. The quantitative estimate of drug-likeness (QED) is 0.162. The smallest absolute Gasteiger partial charge is 0.264 e. The lowest BCUT2D eigenvalue weighted by molar-refractivity contribution is -0.140. The molecule has 1 aliphatic rings. The molecule has 252 valence electrons. The molecule has 1 fully saturated rings. The van der Waals surface area contributed by atoms with Crippen LogP contribution in [-0.4, -0.2) is 43.8 Å². The van der Waals surface area contributed by atoms with Gasteiger partial charge in [-0.05, 0) is 73.6 Å². The molecule has 8 heteroatoms. The molecule has 7 nitrogen and oxygen atoms in total. The highest BCUT2D eigenvalue weighted by Gasteiger charge is 2.35. The summed E-state index contributed by atoms with van der Waals surface area (Å²) in [5.74, 6) is -0.423. The van der Waals surface area contributed by atoms with Gasteiger partial charge in [0.1, 0.15) is 12.6 Å². The third-order valence-corrected chi connectivity index (χ3v) is 10.9. The number of anilines is 1. The molecule has 4 aromatic rings. The van der Waals surface area contributed by atoms with E-state index in [2.05, 4.69) is 19.2 Å². The lowest BCUT2D eigenvalue weighted by Gasteiger charge is -2.34. The van der Waals surface area contributed by atoms with Crippen LogP contribution < -0.4 is 9.62 Å². The summed E-state index contributed by atoms with van der Waals surface area (Å²) < 4.78 is 29.8. The van der Waals surface area contributed by atoms with Crippen molar-refractivity contribution in [2.75, 3.05) is 10.8 Å². The molecule has 2 amide bonds. The van der Waals surface area contributed by atoms with Crippen LogP contribution in [0.1, 0.15) is 73.3 Å². The van der Waals surface area contributed by atoms with Gasteiger partial charge in [0.15, 0.2) is 0 Å². The molecule has 5 rings (SSSR count). The van der Waals surface area contributed by atoms with Crippen LogP contribution in [0.2, 0.25) is 0 Å². The fourth-order valence-corrected chi connectivity index (χ4v) is 7.73. The minimum atomic E-state index is -4.15. The summed E-state index contributed by atoms with van der Waals surface area (Å²) in [4.78, 5) is 30.6. The Bertz CT molecular complexity index is 1780. The van der Waals surface area contributed by atoms with E-state index in [4.69, 9.17) is 0 Å². The van der Waals surface area contributed by atoms with Gasteiger partial charge in [-0.2, -0.15) is 0 Å². The standard InChI is InChI=1S/C40H47N3O4S/c1-29(2)34-19-21-36(22-20-34)43(48(46,47)37-23-17-30(3)18-24-37)28-39(44)42(27-33-14-10-11-31(4)25-33)38(26-32-12-6-5-7-13-32)40(45)41-35-15-8-9-16-35/h5-7,10-14,17-25,29,35,38H,8-9,15-16,26-28H2,1-4H3,(H,41,45)/t38-/m0/s1. The number of carbonyl (C=O) groups excluding carboxylic acids is 2. The van der Waals surface area contributed by atoms with E-state index in [1.54, 1.807) is 41.3 Å². The summed E-state index contributed by atoms with van der Waals surface area (Å²) in [6.45, 7) is 7.72. The molecule has 0 heterocycles. The van der Waals surface area contributed by atoms with Crippen LogP contribution in [0.4, 0.5) is 5.69 Å². The van der Waals surface area contributed by atoms with Crippen molar-refractivity contribution >= 4 is 27.5 Å². The normalized spacial score (nSPS) is 14.1. The second-order valence-corrected chi connectivity index (χ2v) is 15.1. The second kappa shape index (κ2) is 15.6. The molecule has 0 aromatic heterocycles. The van der Waals surface area contributed by atoms with Crippen molar-refractivity contribution in [3.8, 4) is 0 Å². The van der Waals surface area contributed by atoms with Crippen LogP contribution in [0.15, 0.2) is 108 Å². The molecule has 48 heavy (non-hydrogen) atoms. The zero-order chi connectivity index (χ0) is 34.3. The molecule has 0 radical (unpaired) electrons. The Balaban J connectivity index is 1.57. The largest absolute Gasteiger partial charge is 0.352 e. The van der Waals surface area contributed by atoms with Gasteiger partial charge in [0.05, 0.1) is 10.6 Å². The zero-order valence-electron chi connectivity index (χ0n) is 28.4. The summed E-state index contributed by atoms with van der Waals surface area (Å²) in [5.41, 5.74) is 5.19. The minimum absolute atomic E-state index is 0.0598. The van der Waals surface area contributed by atoms with Crippen molar-refractivity contribution in [1.29, 1.82) is 0 Å². The maximum Gasteiger partial charge on any atom is 0.264 e. The lowest BCUT2D eigenvalue weighted by Crippen LogP contribution is -2.54. The maximum atomic E-state index is 14.7. The first-order chi connectivity index (χ1) is 23.0. The molecule has 0 saturated heterocycles. The van der Waals surface area contributed by atoms with Crippen LogP contribution in [0, 0.1) is 13.8 Å². The average molecular weight is 666 g/mol. The van der Waals surface area contributed by atoms with Crippen LogP contribution in [0.3, 0.4) is 0 Å².